The molecule has 106 valence electrons. The third kappa shape index (κ3) is 46.9. The van der Waals surface area contributed by atoms with Crippen LogP contribution >= 0.6 is 18.6 Å². The Kier molecular flexibility index (Phi) is 41.6. The minimum atomic E-state index is -0.556. The fourth-order valence-corrected chi connectivity index (χ4v) is 0.810. The maximum absolute atomic E-state index is 8.07. The normalized spacial score (nSPS) is 8.59. The second-order valence-corrected chi connectivity index (χ2v) is 6.11. The van der Waals surface area contributed by atoms with Gasteiger partial charge in [0.15, 0.2) is 0 Å². The molecule has 0 aromatic rings. The first-order valence-electron chi connectivity index (χ1n) is 6.45. The van der Waals surface area contributed by atoms with E-state index in [0.717, 1.165) is 25.9 Å². The van der Waals surface area contributed by atoms with E-state index >= 15 is 0 Å². The van der Waals surface area contributed by atoms with Gasteiger partial charge in [0.25, 0.3) is 0 Å². The van der Waals surface area contributed by atoms with Crippen molar-refractivity contribution in [1.82, 2.24) is 0 Å². The van der Waals surface area contributed by atoms with Crippen LogP contribution in [-0.2, 0) is 17.0 Å². The van der Waals surface area contributed by atoms with Crippen LogP contribution in [0.4, 0.5) is 0 Å². The molecule has 0 atom stereocenters. The van der Waals surface area contributed by atoms with Gasteiger partial charge in [-0.15, -0.1) is 13.1 Å². The molecule has 5 heteroatoms. The van der Waals surface area contributed by atoms with Gasteiger partial charge in [-0.25, -0.2) is 0 Å². The maximum atomic E-state index is 8.07. The fourth-order valence-electron chi connectivity index (χ4n) is 0.810. The molecule has 0 amide bonds. The van der Waals surface area contributed by atoms with Crippen molar-refractivity contribution in [2.45, 2.75) is 59.3 Å². The number of hydrogen-bond donors (Lipinski definition) is 1. The Hall–Kier alpha value is 1.21. The van der Waals surface area contributed by atoms with Crippen molar-refractivity contribution in [1.29, 1.82) is 0 Å². The summed E-state index contributed by atoms with van der Waals surface area (Å²) in [5.41, 5.74) is 0. The Morgan fingerprint density at radius 3 is 1.41 bits per heavy atom. The minimum absolute atomic E-state index is 0.344. The van der Waals surface area contributed by atoms with Gasteiger partial charge in [0, 0.05) is 6.61 Å². The van der Waals surface area contributed by atoms with Gasteiger partial charge in [-0.1, -0.05) is 52.9 Å². The summed E-state index contributed by atoms with van der Waals surface area (Å²) in [5, 5.41) is 12.4. The summed E-state index contributed by atoms with van der Waals surface area (Å²) in [6.07, 6.45) is 7.12. The third-order valence-corrected chi connectivity index (χ3v) is 1.85. The molecular formula is C12H28Cl2NOTi-. The van der Waals surface area contributed by atoms with Crippen molar-refractivity contribution in [3.63, 3.8) is 0 Å². The van der Waals surface area contributed by atoms with Crippen LogP contribution in [0.25, 0.3) is 5.32 Å². The number of unbranched alkanes of at least 4 members (excludes halogenated alkanes) is 3. The van der Waals surface area contributed by atoms with E-state index in [2.05, 4.69) is 26.1 Å². The molecule has 0 spiro atoms. The van der Waals surface area contributed by atoms with Gasteiger partial charge < -0.3 is 10.4 Å². The van der Waals surface area contributed by atoms with E-state index in [-0.39, 0.29) is 0 Å². The molecule has 0 saturated heterocycles. The summed E-state index contributed by atoms with van der Waals surface area (Å²) in [5.74, 6) is 0. The molecule has 0 rings (SSSR count). The second-order valence-electron chi connectivity index (χ2n) is 3.53. The molecule has 17 heavy (non-hydrogen) atoms. The summed E-state index contributed by atoms with van der Waals surface area (Å²) < 4.78 is 0. The Labute approximate surface area is 125 Å². The second kappa shape index (κ2) is 30.3. The molecule has 1 N–H and O–H groups in total. The van der Waals surface area contributed by atoms with E-state index < -0.39 is 17.0 Å². The average Bonchev–Trinajstić information content (AvgIpc) is 2.32. The van der Waals surface area contributed by atoms with E-state index in [4.69, 9.17) is 23.7 Å². The molecule has 0 aromatic heterocycles. The summed E-state index contributed by atoms with van der Waals surface area (Å²) in [6.45, 7) is 8.96. The number of aliphatic hydroxyl groups excluding tert-OH is 1. The van der Waals surface area contributed by atoms with E-state index in [0.29, 0.717) is 6.61 Å². The Balaban J connectivity index is -0.000000207. The Morgan fingerprint density at radius 1 is 0.882 bits per heavy atom. The van der Waals surface area contributed by atoms with E-state index in [1.807, 2.05) is 0 Å². The zero-order valence-corrected chi connectivity index (χ0v) is 14.6. The van der Waals surface area contributed by atoms with Crippen LogP contribution in [0.5, 0.6) is 0 Å². The summed E-state index contributed by atoms with van der Waals surface area (Å²) in [4.78, 5) is 0. The van der Waals surface area contributed by atoms with Gasteiger partial charge in [-0.2, -0.15) is 0 Å². The first-order chi connectivity index (χ1) is 8.24. The number of aliphatic hydroxyl groups is 1. The topological polar surface area (TPSA) is 34.3 Å². The van der Waals surface area contributed by atoms with Gasteiger partial charge in [0.05, 0.1) is 0 Å². The predicted molar refractivity (Wildman–Crippen MR) is 76.6 cm³/mol. The fraction of sp³-hybridized carbons (Fsp3) is 1.00. The number of nitrogens with zero attached hydrogens (tertiary/aromatic N) is 1. The van der Waals surface area contributed by atoms with Crippen molar-refractivity contribution < 1.29 is 22.1 Å². The van der Waals surface area contributed by atoms with Gasteiger partial charge >= 0.3 is 35.6 Å². The quantitative estimate of drug-likeness (QED) is 0.489. The van der Waals surface area contributed by atoms with E-state index in [9.17, 15) is 0 Å². The van der Waals surface area contributed by atoms with Gasteiger partial charge in [-0.05, 0) is 6.42 Å². The SMILES string of the molecule is CCCCO.CCCC[N-]CCCC.[Cl][Ti][Cl]. The van der Waals surface area contributed by atoms with Crippen LogP contribution in [0.1, 0.15) is 59.3 Å². The molecule has 0 aliphatic carbocycles. The van der Waals surface area contributed by atoms with Gasteiger partial charge in [-0.3, -0.25) is 0 Å². The van der Waals surface area contributed by atoms with E-state index in [1.54, 1.807) is 0 Å². The first-order valence-corrected chi connectivity index (χ1v) is 10.7. The zero-order chi connectivity index (χ0) is 13.8. The molecule has 0 fully saturated rings. The standard InChI is InChI=1S/C8H18N.C4H10O.2ClH.Ti/c1-3-5-7-9-8-6-4-2;1-2-3-4-5;;;/h3-8H2,1-2H3;5H,2-4H2,1H3;2*1H;/q-1;;;;+2/p-2. The van der Waals surface area contributed by atoms with Crippen molar-refractivity contribution in [3.05, 3.63) is 5.32 Å². The van der Waals surface area contributed by atoms with Crippen LogP contribution in [0.2, 0.25) is 0 Å². The molecule has 0 bridgehead atoms. The molecule has 0 aliphatic heterocycles. The molecule has 0 aromatic carbocycles. The van der Waals surface area contributed by atoms with Crippen LogP contribution < -0.4 is 0 Å². The van der Waals surface area contributed by atoms with Gasteiger partial charge in [0.1, 0.15) is 0 Å². The van der Waals surface area contributed by atoms with Crippen molar-refractivity contribution in [2.75, 3.05) is 19.7 Å². The Morgan fingerprint density at radius 2 is 1.24 bits per heavy atom. The number of hydrogen-bond acceptors (Lipinski definition) is 1. The first kappa shape index (κ1) is 23.3. The summed E-state index contributed by atoms with van der Waals surface area (Å²) >= 11 is -0.556. The summed E-state index contributed by atoms with van der Waals surface area (Å²) in [6, 6.07) is 0. The van der Waals surface area contributed by atoms with E-state index in [1.165, 1.54) is 25.7 Å². The molecular weight excluding hydrogens is 293 g/mol. The van der Waals surface area contributed by atoms with Crippen LogP contribution in [-0.4, -0.2) is 24.8 Å². The van der Waals surface area contributed by atoms with Crippen molar-refractivity contribution in [3.8, 4) is 0 Å². The predicted octanol–water partition coefficient (Wildman–Crippen LogP) is 5.12. The zero-order valence-electron chi connectivity index (χ0n) is 11.5. The molecule has 0 aliphatic rings. The van der Waals surface area contributed by atoms with Crippen molar-refractivity contribution in [2.24, 2.45) is 0 Å². The monoisotopic (exact) mass is 320 g/mol. The summed E-state index contributed by atoms with van der Waals surface area (Å²) in [7, 11) is 9.78. The number of halogens is 2. The third-order valence-electron chi connectivity index (χ3n) is 1.85. The molecule has 0 saturated carbocycles. The number of rotatable bonds is 8. The molecule has 0 heterocycles. The molecule has 2 nitrogen and oxygen atoms in total. The average molecular weight is 321 g/mol. The van der Waals surface area contributed by atoms with Crippen molar-refractivity contribution >= 4 is 18.6 Å². The molecule has 0 unspecified atom stereocenters. The van der Waals surface area contributed by atoms with Crippen LogP contribution in [0.3, 0.4) is 0 Å². The van der Waals surface area contributed by atoms with Gasteiger partial charge in [0.2, 0.25) is 0 Å². The Bertz CT molecular complexity index is 92.6. The van der Waals surface area contributed by atoms with Crippen LogP contribution in [0.15, 0.2) is 0 Å². The van der Waals surface area contributed by atoms with Crippen LogP contribution in [0, 0.1) is 0 Å². The molecule has 0 radical (unpaired) electrons.